The lowest BCUT2D eigenvalue weighted by atomic mass is 9.69. The first-order valence-electron chi connectivity index (χ1n) is 8.34. The van der Waals surface area contributed by atoms with E-state index in [0.29, 0.717) is 5.56 Å². The largest absolute Gasteiger partial charge is 0.467 e. The molecule has 0 aromatic heterocycles. The SMILES string of the molecule is CCOC(=O)C(C#N)(C(=O)OC)C(C(=O)c1ccccc1)c1ccccc1. The summed E-state index contributed by atoms with van der Waals surface area (Å²) in [7, 11) is 1.06. The number of carbonyl (C=O) groups is 3. The number of hydrogen-bond acceptors (Lipinski definition) is 6. The number of esters is 2. The Labute approximate surface area is 157 Å². The highest BCUT2D eigenvalue weighted by atomic mass is 16.6. The number of nitriles is 1. The van der Waals surface area contributed by atoms with E-state index in [1.54, 1.807) is 73.7 Å². The van der Waals surface area contributed by atoms with Crippen LogP contribution in [-0.4, -0.2) is 31.4 Å². The molecular weight excluding hydrogens is 346 g/mol. The van der Waals surface area contributed by atoms with Gasteiger partial charge in [-0.2, -0.15) is 5.26 Å². The van der Waals surface area contributed by atoms with Crippen LogP contribution in [0.4, 0.5) is 0 Å². The summed E-state index contributed by atoms with van der Waals surface area (Å²) in [6, 6.07) is 18.1. The number of Topliss-reactive ketones (excluding diaryl/α,β-unsaturated/α-hetero) is 1. The van der Waals surface area contributed by atoms with Crippen molar-refractivity contribution in [2.45, 2.75) is 12.8 Å². The molecule has 0 saturated heterocycles. The molecule has 2 atom stereocenters. The van der Waals surface area contributed by atoms with Crippen molar-refractivity contribution in [1.29, 1.82) is 5.26 Å². The van der Waals surface area contributed by atoms with Crippen LogP contribution in [0.25, 0.3) is 0 Å². The van der Waals surface area contributed by atoms with Crippen LogP contribution in [0.15, 0.2) is 60.7 Å². The Morgan fingerprint density at radius 3 is 2.04 bits per heavy atom. The molecule has 0 aliphatic rings. The van der Waals surface area contributed by atoms with E-state index >= 15 is 0 Å². The van der Waals surface area contributed by atoms with Gasteiger partial charge in [0.2, 0.25) is 0 Å². The molecule has 0 bridgehead atoms. The van der Waals surface area contributed by atoms with Gasteiger partial charge < -0.3 is 9.47 Å². The summed E-state index contributed by atoms with van der Waals surface area (Å²) in [6.07, 6.45) is 0. The van der Waals surface area contributed by atoms with Crippen molar-refractivity contribution < 1.29 is 23.9 Å². The molecule has 0 radical (unpaired) electrons. The van der Waals surface area contributed by atoms with Gasteiger partial charge in [-0.15, -0.1) is 0 Å². The third-order valence-corrected chi connectivity index (χ3v) is 4.17. The molecule has 2 aromatic rings. The summed E-state index contributed by atoms with van der Waals surface area (Å²) in [5.74, 6) is -4.22. The van der Waals surface area contributed by atoms with Crippen molar-refractivity contribution >= 4 is 17.7 Å². The molecular formula is C21H19NO5. The molecule has 2 aromatic carbocycles. The second-order valence-corrected chi connectivity index (χ2v) is 5.71. The van der Waals surface area contributed by atoms with Crippen molar-refractivity contribution in [2.75, 3.05) is 13.7 Å². The minimum atomic E-state index is -2.46. The first-order valence-corrected chi connectivity index (χ1v) is 8.34. The molecule has 2 unspecified atom stereocenters. The molecule has 0 aliphatic heterocycles. The molecule has 0 spiro atoms. The zero-order valence-corrected chi connectivity index (χ0v) is 15.0. The van der Waals surface area contributed by atoms with E-state index < -0.39 is 29.1 Å². The number of methoxy groups -OCH3 is 1. The van der Waals surface area contributed by atoms with E-state index in [1.165, 1.54) is 0 Å². The van der Waals surface area contributed by atoms with Gasteiger partial charge in [0, 0.05) is 5.56 Å². The van der Waals surface area contributed by atoms with Crippen molar-refractivity contribution in [3.63, 3.8) is 0 Å². The van der Waals surface area contributed by atoms with E-state index in [-0.39, 0.29) is 12.2 Å². The molecule has 0 aliphatic carbocycles. The highest BCUT2D eigenvalue weighted by Gasteiger charge is 2.59. The summed E-state index contributed by atoms with van der Waals surface area (Å²) in [4.78, 5) is 38.7. The van der Waals surface area contributed by atoms with Crippen LogP contribution in [0.1, 0.15) is 28.8 Å². The van der Waals surface area contributed by atoms with Gasteiger partial charge >= 0.3 is 11.9 Å². The molecule has 2 rings (SSSR count). The van der Waals surface area contributed by atoms with E-state index in [9.17, 15) is 19.6 Å². The fourth-order valence-corrected chi connectivity index (χ4v) is 2.89. The van der Waals surface area contributed by atoms with E-state index in [1.807, 2.05) is 0 Å². The molecule has 0 amide bonds. The predicted octanol–water partition coefficient (Wildman–Crippen LogP) is 2.90. The van der Waals surface area contributed by atoms with Crippen molar-refractivity contribution in [1.82, 2.24) is 0 Å². The molecule has 138 valence electrons. The van der Waals surface area contributed by atoms with Crippen LogP contribution in [0, 0.1) is 16.7 Å². The monoisotopic (exact) mass is 365 g/mol. The number of rotatable bonds is 7. The van der Waals surface area contributed by atoms with Crippen LogP contribution in [-0.2, 0) is 19.1 Å². The minimum absolute atomic E-state index is 0.0553. The smallest absolute Gasteiger partial charge is 0.339 e. The predicted molar refractivity (Wildman–Crippen MR) is 96.7 cm³/mol. The second-order valence-electron chi connectivity index (χ2n) is 5.71. The van der Waals surface area contributed by atoms with Gasteiger partial charge in [-0.25, -0.2) is 9.59 Å². The van der Waals surface area contributed by atoms with E-state index in [2.05, 4.69) is 0 Å². The molecule has 0 saturated carbocycles. The Balaban J connectivity index is 2.75. The first-order chi connectivity index (χ1) is 13.0. The van der Waals surface area contributed by atoms with Gasteiger partial charge in [0.05, 0.1) is 25.7 Å². The van der Waals surface area contributed by atoms with Crippen molar-refractivity contribution in [2.24, 2.45) is 5.41 Å². The van der Waals surface area contributed by atoms with Crippen LogP contribution < -0.4 is 0 Å². The molecule has 27 heavy (non-hydrogen) atoms. The minimum Gasteiger partial charge on any atom is -0.467 e. The molecule has 6 heteroatoms. The van der Waals surface area contributed by atoms with Gasteiger partial charge in [-0.3, -0.25) is 4.79 Å². The molecule has 6 nitrogen and oxygen atoms in total. The lowest BCUT2D eigenvalue weighted by Crippen LogP contribution is -2.48. The Bertz CT molecular complexity index is 857. The summed E-state index contributed by atoms with van der Waals surface area (Å²) in [5, 5.41) is 9.90. The topological polar surface area (TPSA) is 93.5 Å². The summed E-state index contributed by atoms with van der Waals surface area (Å²) < 4.78 is 9.74. The maximum Gasteiger partial charge on any atom is 0.339 e. The van der Waals surface area contributed by atoms with Crippen molar-refractivity contribution in [3.8, 4) is 6.07 Å². The maximum absolute atomic E-state index is 13.3. The van der Waals surface area contributed by atoms with Gasteiger partial charge in [0.25, 0.3) is 5.41 Å². The average molecular weight is 365 g/mol. The van der Waals surface area contributed by atoms with Gasteiger partial charge in [0.1, 0.15) is 0 Å². The lowest BCUT2D eigenvalue weighted by molar-refractivity contribution is -0.166. The van der Waals surface area contributed by atoms with E-state index in [4.69, 9.17) is 9.47 Å². The highest BCUT2D eigenvalue weighted by molar-refractivity contribution is 6.13. The number of nitrogens with zero attached hydrogens (tertiary/aromatic N) is 1. The Hall–Kier alpha value is -3.46. The Kier molecular flexibility index (Phi) is 6.45. The molecule has 0 N–H and O–H groups in total. The van der Waals surface area contributed by atoms with Crippen LogP contribution in [0.5, 0.6) is 0 Å². The standard InChI is InChI=1S/C21H19NO5/c1-3-27-20(25)21(14-22,19(24)26-2)17(15-10-6-4-7-11-15)18(23)16-12-8-5-9-13-16/h4-13,17H,3H2,1-2H3. The fourth-order valence-electron chi connectivity index (χ4n) is 2.89. The summed E-state index contributed by atoms with van der Waals surface area (Å²) in [6.45, 7) is 1.49. The first kappa shape index (κ1) is 19.9. The fraction of sp³-hybridized carbons (Fsp3) is 0.238. The number of ketones is 1. The average Bonchev–Trinajstić information content (AvgIpc) is 2.72. The number of ether oxygens (including phenoxy) is 2. The normalized spacial score (nSPS) is 13.5. The van der Waals surface area contributed by atoms with Crippen molar-refractivity contribution in [3.05, 3.63) is 71.8 Å². The molecule has 0 fully saturated rings. The van der Waals surface area contributed by atoms with Gasteiger partial charge in [-0.1, -0.05) is 60.7 Å². The van der Waals surface area contributed by atoms with E-state index in [0.717, 1.165) is 7.11 Å². The highest BCUT2D eigenvalue weighted by Crippen LogP contribution is 2.40. The third-order valence-electron chi connectivity index (χ3n) is 4.17. The maximum atomic E-state index is 13.3. The van der Waals surface area contributed by atoms with Gasteiger partial charge in [-0.05, 0) is 12.5 Å². The molecule has 0 heterocycles. The Morgan fingerprint density at radius 2 is 1.56 bits per heavy atom. The summed E-state index contributed by atoms with van der Waals surface area (Å²) >= 11 is 0. The van der Waals surface area contributed by atoms with Crippen LogP contribution in [0.2, 0.25) is 0 Å². The zero-order chi connectivity index (χ0) is 19.9. The third kappa shape index (κ3) is 3.72. The number of hydrogen-bond donors (Lipinski definition) is 0. The lowest BCUT2D eigenvalue weighted by Gasteiger charge is -2.30. The Morgan fingerprint density at radius 1 is 1.00 bits per heavy atom. The quantitative estimate of drug-likeness (QED) is 0.425. The summed E-state index contributed by atoms with van der Waals surface area (Å²) in [5.41, 5.74) is -1.86. The van der Waals surface area contributed by atoms with Crippen LogP contribution in [0.3, 0.4) is 0 Å². The van der Waals surface area contributed by atoms with Crippen LogP contribution >= 0.6 is 0 Å². The zero-order valence-electron chi connectivity index (χ0n) is 15.0. The number of carbonyl (C=O) groups excluding carboxylic acids is 3. The van der Waals surface area contributed by atoms with Gasteiger partial charge in [0.15, 0.2) is 5.78 Å². The number of benzene rings is 2. The second kappa shape index (κ2) is 8.77.